The third-order valence-corrected chi connectivity index (χ3v) is 13.6. The van der Waals surface area contributed by atoms with Crippen molar-refractivity contribution in [2.24, 2.45) is 50.2 Å². The molecule has 0 spiro atoms. The van der Waals surface area contributed by atoms with Crippen LogP contribution in [0.25, 0.3) is 0 Å². The van der Waals surface area contributed by atoms with Gasteiger partial charge in [0.15, 0.2) is 0 Å². The molecule has 208 valence electrons. The first-order valence-corrected chi connectivity index (χ1v) is 14.5. The van der Waals surface area contributed by atoms with Gasteiger partial charge in [-0.2, -0.15) is 0 Å². The molecule has 0 aromatic carbocycles. The second kappa shape index (κ2) is 8.30. The highest BCUT2D eigenvalue weighted by atomic mass is 16.5. The summed E-state index contributed by atoms with van der Waals surface area (Å²) in [4.78, 5) is 25.7. The average molecular weight is 517 g/mol. The zero-order chi connectivity index (χ0) is 27.2. The van der Waals surface area contributed by atoms with Gasteiger partial charge in [-0.3, -0.25) is 9.59 Å². The van der Waals surface area contributed by atoms with Gasteiger partial charge in [-0.15, -0.1) is 0 Å². The van der Waals surface area contributed by atoms with Crippen molar-refractivity contribution in [2.45, 2.75) is 105 Å². The summed E-state index contributed by atoms with van der Waals surface area (Å²) >= 11 is 0. The number of carboxylic acid groups (broad SMARTS) is 1. The molecule has 0 saturated heterocycles. The summed E-state index contributed by atoms with van der Waals surface area (Å²) in [6, 6.07) is 0. The SMILES string of the molecule is COC(=O)[C@@]1(C)CC[C@]2(C(=O)O)CC[C@]3(C)C(=CC[C@@H]4[C@@]5(C)CC[C@H](O)[C@@](C)(CO)[C@@H]5CC[C@]43C)[C@@H]2C1. The van der Waals surface area contributed by atoms with E-state index in [0.29, 0.717) is 38.0 Å². The van der Waals surface area contributed by atoms with Crippen molar-refractivity contribution >= 4 is 11.9 Å². The molecular formula is C31H48O6. The van der Waals surface area contributed by atoms with Crippen LogP contribution >= 0.6 is 0 Å². The Morgan fingerprint density at radius 1 is 0.973 bits per heavy atom. The molecule has 6 heteroatoms. The van der Waals surface area contributed by atoms with Crippen LogP contribution < -0.4 is 0 Å². The molecule has 0 aromatic heterocycles. The average Bonchev–Trinajstić information content (AvgIpc) is 2.86. The maximum Gasteiger partial charge on any atom is 0.311 e. The second-order valence-corrected chi connectivity index (χ2v) is 14.8. The lowest BCUT2D eigenvalue weighted by Gasteiger charge is -2.71. The number of carbonyl (C=O) groups excluding carboxylic acids is 1. The molecule has 6 nitrogen and oxygen atoms in total. The number of aliphatic hydroxyl groups is 2. The van der Waals surface area contributed by atoms with E-state index in [4.69, 9.17) is 4.74 Å². The Morgan fingerprint density at radius 3 is 2.27 bits per heavy atom. The first kappa shape index (κ1) is 27.2. The number of allylic oxidation sites excluding steroid dienone is 2. The van der Waals surface area contributed by atoms with Crippen LogP contribution in [-0.2, 0) is 14.3 Å². The van der Waals surface area contributed by atoms with E-state index in [1.807, 2.05) is 6.92 Å². The van der Waals surface area contributed by atoms with Crippen LogP contribution in [0.4, 0.5) is 0 Å². The number of carbonyl (C=O) groups is 2. The predicted octanol–water partition coefficient (Wildman–Crippen LogP) is 5.36. The van der Waals surface area contributed by atoms with Crippen molar-refractivity contribution < 1.29 is 29.6 Å². The minimum Gasteiger partial charge on any atom is -0.481 e. The zero-order valence-corrected chi connectivity index (χ0v) is 23.7. The Balaban J connectivity index is 1.59. The lowest BCUT2D eigenvalue weighted by molar-refractivity contribution is -0.217. The molecule has 4 saturated carbocycles. The Hall–Kier alpha value is -1.40. The van der Waals surface area contributed by atoms with Gasteiger partial charge in [-0.1, -0.05) is 39.3 Å². The summed E-state index contributed by atoms with van der Waals surface area (Å²) in [5.41, 5.74) is -0.843. The lowest BCUT2D eigenvalue weighted by atomic mass is 9.33. The van der Waals surface area contributed by atoms with Crippen LogP contribution in [0, 0.1) is 50.2 Å². The number of fused-ring (bicyclic) bond motifs is 7. The molecule has 37 heavy (non-hydrogen) atoms. The van der Waals surface area contributed by atoms with Gasteiger partial charge >= 0.3 is 11.9 Å². The van der Waals surface area contributed by atoms with Gasteiger partial charge in [-0.05, 0) is 105 Å². The number of rotatable bonds is 3. The summed E-state index contributed by atoms with van der Waals surface area (Å²) in [6.07, 6.45) is 9.54. The Bertz CT molecular complexity index is 1020. The number of methoxy groups -OCH3 is 1. The van der Waals surface area contributed by atoms with Crippen molar-refractivity contribution in [3.05, 3.63) is 11.6 Å². The van der Waals surface area contributed by atoms with Crippen molar-refractivity contribution in [2.75, 3.05) is 13.7 Å². The second-order valence-electron chi connectivity index (χ2n) is 14.8. The summed E-state index contributed by atoms with van der Waals surface area (Å²) in [5, 5.41) is 31.9. The van der Waals surface area contributed by atoms with E-state index in [1.54, 1.807) is 0 Å². The molecule has 0 aliphatic heterocycles. The van der Waals surface area contributed by atoms with Crippen LogP contribution in [0.2, 0.25) is 0 Å². The number of aliphatic hydroxyl groups excluding tert-OH is 2. The monoisotopic (exact) mass is 516 g/mol. The standard InChI is InChI=1S/C31H48O6/c1-26(25(36)37-6)13-15-31(24(34)35)16-14-29(4)19(20(31)17-26)7-8-22-27(2)11-10-23(33)28(3,18-32)21(27)9-12-30(22,29)5/h7,20-23,32-33H,8-18H2,1-6H3,(H,34,35)/t20-,21+,22+,23-,26-,27-,28-,29+,30+,31-/m0/s1. The summed E-state index contributed by atoms with van der Waals surface area (Å²) in [7, 11) is 1.43. The maximum atomic E-state index is 12.9. The fourth-order valence-corrected chi connectivity index (χ4v) is 10.9. The minimum atomic E-state index is -0.812. The van der Waals surface area contributed by atoms with E-state index in [-0.39, 0.29) is 40.7 Å². The largest absolute Gasteiger partial charge is 0.481 e. The Morgan fingerprint density at radius 2 is 1.65 bits per heavy atom. The smallest absolute Gasteiger partial charge is 0.311 e. The summed E-state index contributed by atoms with van der Waals surface area (Å²) in [5.74, 6) is -0.449. The van der Waals surface area contributed by atoms with E-state index in [2.05, 4.69) is 33.8 Å². The van der Waals surface area contributed by atoms with Crippen LogP contribution in [0.3, 0.4) is 0 Å². The van der Waals surface area contributed by atoms with Crippen molar-refractivity contribution in [3.63, 3.8) is 0 Å². The first-order valence-electron chi connectivity index (χ1n) is 14.5. The molecule has 0 heterocycles. The van der Waals surface area contributed by atoms with Gasteiger partial charge in [0.2, 0.25) is 0 Å². The van der Waals surface area contributed by atoms with E-state index in [9.17, 15) is 24.9 Å². The normalized spacial score (nSPS) is 53.0. The van der Waals surface area contributed by atoms with Crippen LogP contribution in [0.15, 0.2) is 11.6 Å². The van der Waals surface area contributed by atoms with Gasteiger partial charge in [0, 0.05) is 5.41 Å². The number of aliphatic carboxylic acids is 1. The van der Waals surface area contributed by atoms with Crippen molar-refractivity contribution in [3.8, 4) is 0 Å². The molecular weight excluding hydrogens is 468 g/mol. The third kappa shape index (κ3) is 3.24. The number of esters is 1. The predicted molar refractivity (Wildman–Crippen MR) is 140 cm³/mol. The first-order chi connectivity index (χ1) is 17.2. The molecule has 0 radical (unpaired) electrons. The summed E-state index contributed by atoms with van der Waals surface area (Å²) in [6.45, 7) is 11.3. The zero-order valence-electron chi connectivity index (χ0n) is 23.7. The third-order valence-electron chi connectivity index (χ3n) is 13.6. The number of hydrogen-bond donors (Lipinski definition) is 3. The van der Waals surface area contributed by atoms with Gasteiger partial charge in [0.05, 0.1) is 30.7 Å². The van der Waals surface area contributed by atoms with Crippen LogP contribution in [0.1, 0.15) is 98.8 Å². The lowest BCUT2D eigenvalue weighted by Crippen LogP contribution is -2.66. The molecule has 5 rings (SSSR count). The molecule has 5 aliphatic rings. The highest BCUT2D eigenvalue weighted by Gasteiger charge is 2.70. The molecule has 10 atom stereocenters. The molecule has 0 bridgehead atoms. The minimum absolute atomic E-state index is 0.00315. The fraction of sp³-hybridized carbons (Fsp3) is 0.871. The number of hydrogen-bond acceptors (Lipinski definition) is 5. The highest BCUT2D eigenvalue weighted by Crippen LogP contribution is 2.75. The number of carboxylic acids is 1. The van der Waals surface area contributed by atoms with Crippen LogP contribution in [-0.4, -0.2) is 47.1 Å². The maximum absolute atomic E-state index is 12.9. The Kier molecular flexibility index (Phi) is 6.10. The number of ether oxygens (including phenoxy) is 1. The van der Waals surface area contributed by atoms with E-state index in [1.165, 1.54) is 12.7 Å². The van der Waals surface area contributed by atoms with Crippen molar-refractivity contribution in [1.29, 1.82) is 0 Å². The van der Waals surface area contributed by atoms with Gasteiger partial charge in [-0.25, -0.2) is 0 Å². The van der Waals surface area contributed by atoms with Crippen molar-refractivity contribution in [1.82, 2.24) is 0 Å². The van der Waals surface area contributed by atoms with Crippen LogP contribution in [0.5, 0.6) is 0 Å². The molecule has 0 aromatic rings. The molecule has 3 N–H and O–H groups in total. The molecule has 4 fully saturated rings. The van der Waals surface area contributed by atoms with Gasteiger partial charge < -0.3 is 20.1 Å². The summed E-state index contributed by atoms with van der Waals surface area (Å²) < 4.78 is 5.20. The molecule has 0 unspecified atom stereocenters. The van der Waals surface area contributed by atoms with E-state index >= 15 is 0 Å². The van der Waals surface area contributed by atoms with E-state index in [0.717, 1.165) is 32.1 Å². The van der Waals surface area contributed by atoms with E-state index < -0.39 is 28.3 Å². The van der Waals surface area contributed by atoms with Gasteiger partial charge in [0.25, 0.3) is 0 Å². The molecule has 5 aliphatic carbocycles. The Labute approximate surface area is 222 Å². The topological polar surface area (TPSA) is 104 Å². The highest BCUT2D eigenvalue weighted by molar-refractivity contribution is 5.80. The fourth-order valence-electron chi connectivity index (χ4n) is 10.9. The molecule has 0 amide bonds. The van der Waals surface area contributed by atoms with Gasteiger partial charge in [0.1, 0.15) is 0 Å². The quantitative estimate of drug-likeness (QED) is 0.345.